The Morgan fingerprint density at radius 1 is 1.56 bits per heavy atom. The van der Waals surface area contributed by atoms with Crippen molar-refractivity contribution < 1.29 is 14.6 Å². The molecule has 1 aliphatic heterocycles. The molecule has 0 aromatic heterocycles. The first-order chi connectivity index (χ1) is 8.70. The van der Waals surface area contributed by atoms with E-state index in [4.69, 9.17) is 4.74 Å². The first-order valence-electron chi connectivity index (χ1n) is 6.15. The van der Waals surface area contributed by atoms with Gasteiger partial charge in [-0.1, -0.05) is 12.1 Å². The van der Waals surface area contributed by atoms with Gasteiger partial charge in [0.2, 0.25) is 5.91 Å². The van der Waals surface area contributed by atoms with Gasteiger partial charge in [-0.25, -0.2) is 0 Å². The van der Waals surface area contributed by atoms with E-state index in [0.29, 0.717) is 31.0 Å². The van der Waals surface area contributed by atoms with Crippen molar-refractivity contribution in [2.75, 3.05) is 18.5 Å². The number of carbonyl (C=O) groups is 1. The van der Waals surface area contributed by atoms with Crippen LogP contribution in [0.5, 0.6) is 5.75 Å². The maximum atomic E-state index is 12.0. The fraction of sp³-hybridized carbons (Fsp3) is 0.462. The van der Waals surface area contributed by atoms with Crippen molar-refractivity contribution >= 4 is 11.6 Å². The molecule has 0 aliphatic carbocycles. The van der Waals surface area contributed by atoms with Gasteiger partial charge in [0.25, 0.3) is 0 Å². The molecule has 98 valence electrons. The number of hydrogen-bond acceptors (Lipinski definition) is 4. The van der Waals surface area contributed by atoms with E-state index in [9.17, 15) is 9.90 Å². The zero-order chi connectivity index (χ0) is 13.0. The van der Waals surface area contributed by atoms with Crippen molar-refractivity contribution in [2.24, 2.45) is 0 Å². The van der Waals surface area contributed by atoms with E-state index >= 15 is 0 Å². The summed E-state index contributed by atoms with van der Waals surface area (Å²) < 4.78 is 5.44. The third kappa shape index (κ3) is 3.00. The minimum absolute atomic E-state index is 0.140. The molecule has 1 aromatic carbocycles. The predicted molar refractivity (Wildman–Crippen MR) is 68.7 cm³/mol. The summed E-state index contributed by atoms with van der Waals surface area (Å²) in [6, 6.07) is 6.98. The fourth-order valence-corrected chi connectivity index (χ4v) is 1.99. The molecule has 5 nitrogen and oxygen atoms in total. The Morgan fingerprint density at radius 2 is 2.33 bits per heavy atom. The highest BCUT2D eigenvalue weighted by Crippen LogP contribution is 2.24. The number of aliphatic hydroxyl groups is 1. The molecular formula is C13H18N2O3. The molecule has 2 unspecified atom stereocenters. The lowest BCUT2D eigenvalue weighted by Gasteiger charge is -2.14. The standard InChI is InChI=1S/C13H18N2O3/c1-2-18-12-6-4-3-5-10(12)15-13(17)11-7-9(16)8-14-11/h3-6,9,11,14,16H,2,7-8H2,1H3,(H,15,17). The predicted octanol–water partition coefficient (Wildman–Crippen LogP) is 0.747. The first kappa shape index (κ1) is 12.9. The van der Waals surface area contributed by atoms with Crippen molar-refractivity contribution in [1.82, 2.24) is 5.32 Å². The molecule has 2 atom stereocenters. The molecule has 1 heterocycles. The van der Waals surface area contributed by atoms with Crippen molar-refractivity contribution in [2.45, 2.75) is 25.5 Å². The van der Waals surface area contributed by atoms with Gasteiger partial charge in [-0.3, -0.25) is 4.79 Å². The van der Waals surface area contributed by atoms with Gasteiger partial charge in [-0.05, 0) is 25.5 Å². The van der Waals surface area contributed by atoms with Crippen molar-refractivity contribution in [1.29, 1.82) is 0 Å². The van der Waals surface area contributed by atoms with Crippen LogP contribution in [0, 0.1) is 0 Å². The minimum atomic E-state index is -0.442. The molecule has 0 saturated carbocycles. The van der Waals surface area contributed by atoms with E-state index in [1.807, 2.05) is 25.1 Å². The summed E-state index contributed by atoms with van der Waals surface area (Å²) in [5.41, 5.74) is 0.660. The zero-order valence-electron chi connectivity index (χ0n) is 10.3. The number of nitrogens with one attached hydrogen (secondary N) is 2. The molecule has 1 amide bonds. The summed E-state index contributed by atoms with van der Waals surface area (Å²) in [6.07, 6.45) is 0.00529. The number of para-hydroxylation sites is 2. The Morgan fingerprint density at radius 3 is 3.00 bits per heavy atom. The van der Waals surface area contributed by atoms with Crippen molar-refractivity contribution in [3.8, 4) is 5.75 Å². The van der Waals surface area contributed by atoms with Gasteiger partial charge < -0.3 is 20.5 Å². The smallest absolute Gasteiger partial charge is 0.241 e. The summed E-state index contributed by atoms with van der Waals surface area (Å²) in [4.78, 5) is 12.0. The van der Waals surface area contributed by atoms with Crippen LogP contribution < -0.4 is 15.4 Å². The molecule has 5 heteroatoms. The van der Waals surface area contributed by atoms with Crippen LogP contribution in [0.2, 0.25) is 0 Å². The number of anilines is 1. The number of hydrogen-bond donors (Lipinski definition) is 3. The SMILES string of the molecule is CCOc1ccccc1NC(=O)C1CC(O)CN1. The molecule has 1 aromatic rings. The second-order valence-corrected chi connectivity index (χ2v) is 4.27. The highest BCUT2D eigenvalue weighted by molar-refractivity contribution is 5.96. The Bertz CT molecular complexity index is 422. The lowest BCUT2D eigenvalue weighted by molar-refractivity contribution is -0.117. The maximum absolute atomic E-state index is 12.0. The first-order valence-corrected chi connectivity index (χ1v) is 6.15. The number of amides is 1. The molecule has 18 heavy (non-hydrogen) atoms. The van der Waals surface area contributed by atoms with Gasteiger partial charge in [0.05, 0.1) is 24.4 Å². The van der Waals surface area contributed by atoms with Crippen molar-refractivity contribution in [3.05, 3.63) is 24.3 Å². The van der Waals surface area contributed by atoms with Crippen LogP contribution in [0.3, 0.4) is 0 Å². The van der Waals surface area contributed by atoms with Crippen LogP contribution in [0.4, 0.5) is 5.69 Å². The molecule has 0 spiro atoms. The van der Waals surface area contributed by atoms with Crippen LogP contribution in [0.1, 0.15) is 13.3 Å². The van der Waals surface area contributed by atoms with E-state index in [1.165, 1.54) is 0 Å². The number of carbonyl (C=O) groups excluding carboxylic acids is 1. The van der Waals surface area contributed by atoms with Crippen LogP contribution >= 0.6 is 0 Å². The van der Waals surface area contributed by atoms with Gasteiger partial charge in [0.15, 0.2) is 0 Å². The third-order valence-corrected chi connectivity index (χ3v) is 2.87. The van der Waals surface area contributed by atoms with Crippen LogP contribution in [0.25, 0.3) is 0 Å². The lowest BCUT2D eigenvalue weighted by atomic mass is 10.2. The van der Waals surface area contributed by atoms with Crippen molar-refractivity contribution in [3.63, 3.8) is 0 Å². The monoisotopic (exact) mass is 250 g/mol. The Balaban J connectivity index is 2.02. The fourth-order valence-electron chi connectivity index (χ4n) is 1.99. The average Bonchev–Trinajstić information content (AvgIpc) is 2.79. The van der Waals surface area contributed by atoms with Crippen LogP contribution in [-0.2, 0) is 4.79 Å². The van der Waals surface area contributed by atoms with Gasteiger partial charge in [-0.15, -0.1) is 0 Å². The van der Waals surface area contributed by atoms with E-state index in [0.717, 1.165) is 0 Å². The van der Waals surface area contributed by atoms with E-state index in [2.05, 4.69) is 10.6 Å². The summed E-state index contributed by atoms with van der Waals surface area (Å²) >= 11 is 0. The number of benzene rings is 1. The zero-order valence-corrected chi connectivity index (χ0v) is 10.3. The highest BCUT2D eigenvalue weighted by atomic mass is 16.5. The molecule has 2 rings (SSSR count). The Kier molecular flexibility index (Phi) is 4.17. The van der Waals surface area contributed by atoms with Gasteiger partial charge in [0, 0.05) is 6.54 Å². The van der Waals surface area contributed by atoms with Gasteiger partial charge in [-0.2, -0.15) is 0 Å². The Labute approximate surface area is 106 Å². The van der Waals surface area contributed by atoms with Crippen LogP contribution in [-0.4, -0.2) is 36.3 Å². The summed E-state index contributed by atoms with van der Waals surface area (Å²) in [7, 11) is 0. The normalized spacial score (nSPS) is 22.8. The molecule has 1 saturated heterocycles. The molecule has 0 bridgehead atoms. The summed E-state index contributed by atoms with van der Waals surface area (Å²) in [5, 5.41) is 15.2. The Hall–Kier alpha value is -1.59. The average molecular weight is 250 g/mol. The molecule has 3 N–H and O–H groups in total. The number of aliphatic hydroxyl groups excluding tert-OH is 1. The largest absolute Gasteiger partial charge is 0.492 e. The molecule has 1 aliphatic rings. The summed E-state index contributed by atoms with van der Waals surface area (Å²) in [5.74, 6) is 0.519. The maximum Gasteiger partial charge on any atom is 0.241 e. The number of ether oxygens (including phenoxy) is 1. The van der Waals surface area contributed by atoms with E-state index in [-0.39, 0.29) is 11.9 Å². The van der Waals surface area contributed by atoms with Crippen LogP contribution in [0.15, 0.2) is 24.3 Å². The minimum Gasteiger partial charge on any atom is -0.492 e. The quantitative estimate of drug-likeness (QED) is 0.737. The molecule has 0 radical (unpaired) electrons. The second-order valence-electron chi connectivity index (χ2n) is 4.27. The lowest BCUT2D eigenvalue weighted by Crippen LogP contribution is -2.35. The van der Waals surface area contributed by atoms with E-state index < -0.39 is 6.10 Å². The number of rotatable bonds is 4. The van der Waals surface area contributed by atoms with E-state index in [1.54, 1.807) is 6.07 Å². The molecule has 1 fully saturated rings. The topological polar surface area (TPSA) is 70.6 Å². The third-order valence-electron chi connectivity index (χ3n) is 2.87. The van der Waals surface area contributed by atoms with Gasteiger partial charge >= 0.3 is 0 Å². The van der Waals surface area contributed by atoms with Gasteiger partial charge in [0.1, 0.15) is 5.75 Å². The summed E-state index contributed by atoms with van der Waals surface area (Å²) in [6.45, 7) is 2.91. The number of β-amino-alcohol motifs (C(OH)–C–C–N with tert-alkyl or cyclic N) is 1. The highest BCUT2D eigenvalue weighted by Gasteiger charge is 2.28. The second kappa shape index (κ2) is 5.84. The molecular weight excluding hydrogens is 232 g/mol.